The summed E-state index contributed by atoms with van der Waals surface area (Å²) >= 11 is 1.51. The summed E-state index contributed by atoms with van der Waals surface area (Å²) in [6, 6.07) is 14.3. The molecule has 8 heteroatoms. The van der Waals surface area contributed by atoms with E-state index in [9.17, 15) is 10.1 Å². The van der Waals surface area contributed by atoms with Crippen molar-refractivity contribution in [2.75, 3.05) is 11.9 Å². The molecule has 0 bridgehead atoms. The molecule has 0 unspecified atom stereocenters. The Kier molecular flexibility index (Phi) is 6.15. The van der Waals surface area contributed by atoms with E-state index in [0.717, 1.165) is 36.5 Å². The van der Waals surface area contributed by atoms with Crippen LogP contribution in [-0.2, 0) is 26.6 Å². The van der Waals surface area contributed by atoms with Crippen molar-refractivity contribution in [3.8, 4) is 6.07 Å². The van der Waals surface area contributed by atoms with Gasteiger partial charge in [-0.2, -0.15) is 10.4 Å². The normalized spacial score (nSPS) is 13.3. The number of thiophene rings is 1. The average Bonchev–Trinajstić information content (AvgIpc) is 3.25. The number of nitrogens with zero attached hydrogens (tertiary/aromatic N) is 4. The number of hydrogen-bond acceptors (Lipinski definition) is 5. The van der Waals surface area contributed by atoms with E-state index in [-0.39, 0.29) is 18.3 Å². The molecule has 0 saturated heterocycles. The van der Waals surface area contributed by atoms with Gasteiger partial charge < -0.3 is 5.32 Å². The highest BCUT2D eigenvalue weighted by Crippen LogP contribution is 2.37. The maximum Gasteiger partial charge on any atom is 0.274 e. The van der Waals surface area contributed by atoms with Crippen LogP contribution in [0.15, 0.2) is 42.6 Å². The highest BCUT2D eigenvalue weighted by molar-refractivity contribution is 7.16. The summed E-state index contributed by atoms with van der Waals surface area (Å²) in [5.74, 6) is -0.244. The van der Waals surface area contributed by atoms with Gasteiger partial charge in [0.2, 0.25) is 0 Å². The number of anilines is 1. The first-order valence-electron chi connectivity index (χ1n) is 8.76. The molecular weight excluding hydrogens is 394 g/mol. The van der Waals surface area contributed by atoms with Crippen molar-refractivity contribution >= 4 is 34.7 Å². The van der Waals surface area contributed by atoms with Crippen LogP contribution in [0.5, 0.6) is 0 Å². The molecule has 1 aliphatic rings. The summed E-state index contributed by atoms with van der Waals surface area (Å²) in [5.41, 5.74) is 3.43. The highest BCUT2D eigenvalue weighted by atomic mass is 35.5. The molecule has 0 radical (unpaired) electrons. The number of hydrogen-bond donors (Lipinski definition) is 1. The quantitative estimate of drug-likeness (QED) is 0.709. The molecule has 1 N–H and O–H groups in total. The Morgan fingerprint density at radius 3 is 2.79 bits per heavy atom. The number of nitriles is 1. The minimum absolute atomic E-state index is 0. The van der Waals surface area contributed by atoms with Gasteiger partial charge in [-0.1, -0.05) is 30.3 Å². The molecule has 4 rings (SSSR count). The van der Waals surface area contributed by atoms with E-state index in [2.05, 4.69) is 45.7 Å². The van der Waals surface area contributed by atoms with Crippen molar-refractivity contribution in [1.29, 1.82) is 5.26 Å². The third-order valence-electron chi connectivity index (χ3n) is 4.78. The Balaban J connectivity index is 0.00000225. The predicted octanol–water partition coefficient (Wildman–Crippen LogP) is 3.59. The number of nitrogens with one attached hydrogen (secondary N) is 1. The van der Waals surface area contributed by atoms with Crippen LogP contribution in [0.1, 0.15) is 32.1 Å². The van der Waals surface area contributed by atoms with E-state index < -0.39 is 0 Å². The monoisotopic (exact) mass is 413 g/mol. The molecule has 3 heterocycles. The lowest BCUT2D eigenvalue weighted by molar-refractivity contribution is 0.101. The second-order valence-corrected chi connectivity index (χ2v) is 7.67. The zero-order valence-electron chi connectivity index (χ0n) is 15.4. The molecular formula is C20H20ClN5OS. The number of benzene rings is 1. The smallest absolute Gasteiger partial charge is 0.274 e. The summed E-state index contributed by atoms with van der Waals surface area (Å²) in [5, 5.41) is 17.2. The van der Waals surface area contributed by atoms with E-state index in [1.54, 1.807) is 19.3 Å². The van der Waals surface area contributed by atoms with Gasteiger partial charge in [-0.3, -0.25) is 14.4 Å². The standard InChI is InChI=1S/C20H19N5OS.ClH/c1-24-17(7-9-22-24)19(26)23-20-16(11-21)15-8-10-25(13-18(15)27-20)12-14-5-3-2-4-6-14;/h2-7,9H,8,10,12-13H2,1H3,(H,23,26);1H. The molecule has 28 heavy (non-hydrogen) atoms. The van der Waals surface area contributed by atoms with E-state index >= 15 is 0 Å². The van der Waals surface area contributed by atoms with Gasteiger partial charge in [-0.25, -0.2) is 0 Å². The van der Waals surface area contributed by atoms with Crippen LogP contribution < -0.4 is 5.32 Å². The maximum atomic E-state index is 12.5. The van der Waals surface area contributed by atoms with Crippen molar-refractivity contribution in [2.24, 2.45) is 7.05 Å². The summed E-state index contributed by atoms with van der Waals surface area (Å²) in [6.45, 7) is 2.59. The van der Waals surface area contributed by atoms with E-state index in [4.69, 9.17) is 0 Å². The van der Waals surface area contributed by atoms with Gasteiger partial charge in [0.15, 0.2) is 0 Å². The van der Waals surface area contributed by atoms with Crippen LogP contribution in [0.25, 0.3) is 0 Å². The average molecular weight is 414 g/mol. The summed E-state index contributed by atoms with van der Waals surface area (Å²) < 4.78 is 1.52. The minimum atomic E-state index is -0.244. The van der Waals surface area contributed by atoms with Crippen molar-refractivity contribution in [2.45, 2.75) is 19.5 Å². The Hall–Kier alpha value is -2.66. The molecule has 1 aromatic carbocycles. The highest BCUT2D eigenvalue weighted by Gasteiger charge is 2.25. The lowest BCUT2D eigenvalue weighted by Gasteiger charge is -2.26. The van der Waals surface area contributed by atoms with Crippen molar-refractivity contribution in [1.82, 2.24) is 14.7 Å². The first kappa shape index (κ1) is 20.1. The molecule has 0 aliphatic carbocycles. The minimum Gasteiger partial charge on any atom is -0.311 e. The summed E-state index contributed by atoms with van der Waals surface area (Å²) in [4.78, 5) is 16.0. The van der Waals surface area contributed by atoms with Gasteiger partial charge in [0.1, 0.15) is 16.8 Å². The van der Waals surface area contributed by atoms with Crippen LogP contribution in [0.3, 0.4) is 0 Å². The second kappa shape index (κ2) is 8.57. The molecule has 0 fully saturated rings. The third kappa shape index (κ3) is 3.94. The number of rotatable bonds is 4. The molecule has 0 saturated carbocycles. The Morgan fingerprint density at radius 2 is 2.11 bits per heavy atom. The summed E-state index contributed by atoms with van der Waals surface area (Å²) in [6.07, 6.45) is 2.41. The number of aromatic nitrogens is 2. The molecule has 2 aromatic heterocycles. The zero-order valence-corrected chi connectivity index (χ0v) is 17.0. The van der Waals surface area contributed by atoms with Gasteiger partial charge >= 0.3 is 0 Å². The SMILES string of the molecule is Cl.Cn1nccc1C(=O)Nc1sc2c(c1C#N)CCN(Cc1ccccc1)C2. The second-order valence-electron chi connectivity index (χ2n) is 6.56. The fourth-order valence-electron chi connectivity index (χ4n) is 3.40. The Bertz CT molecular complexity index is 1020. The summed E-state index contributed by atoms with van der Waals surface area (Å²) in [7, 11) is 1.72. The van der Waals surface area contributed by atoms with Crippen LogP contribution >= 0.6 is 23.7 Å². The first-order chi connectivity index (χ1) is 13.2. The van der Waals surface area contributed by atoms with Crippen LogP contribution in [0, 0.1) is 11.3 Å². The van der Waals surface area contributed by atoms with Gasteiger partial charge in [0.25, 0.3) is 5.91 Å². The molecule has 0 atom stereocenters. The first-order valence-corrected chi connectivity index (χ1v) is 9.57. The van der Waals surface area contributed by atoms with E-state index in [1.807, 2.05) is 6.07 Å². The van der Waals surface area contributed by atoms with Crippen molar-refractivity contribution < 1.29 is 4.79 Å². The fourth-order valence-corrected chi connectivity index (χ4v) is 4.64. The number of carbonyl (C=O) groups is 1. The van der Waals surface area contributed by atoms with Crippen molar-refractivity contribution in [3.05, 3.63) is 69.9 Å². The largest absolute Gasteiger partial charge is 0.311 e. The van der Waals surface area contributed by atoms with Crippen molar-refractivity contribution in [3.63, 3.8) is 0 Å². The van der Waals surface area contributed by atoms with E-state index in [0.29, 0.717) is 16.3 Å². The topological polar surface area (TPSA) is 74.0 Å². The van der Waals surface area contributed by atoms with Gasteiger partial charge in [-0.05, 0) is 23.6 Å². The van der Waals surface area contributed by atoms with Crippen LogP contribution in [0.4, 0.5) is 5.00 Å². The number of fused-ring (bicyclic) bond motifs is 1. The van der Waals surface area contributed by atoms with Crippen LogP contribution in [0.2, 0.25) is 0 Å². The lowest BCUT2D eigenvalue weighted by atomic mass is 10.0. The maximum absolute atomic E-state index is 12.5. The van der Waals surface area contributed by atoms with Gasteiger partial charge in [0, 0.05) is 37.8 Å². The lowest BCUT2D eigenvalue weighted by Crippen LogP contribution is -2.29. The molecule has 1 amide bonds. The van der Waals surface area contributed by atoms with Gasteiger partial charge in [-0.15, -0.1) is 23.7 Å². The molecule has 3 aromatic rings. The van der Waals surface area contributed by atoms with Gasteiger partial charge in [0.05, 0.1) is 5.56 Å². The number of halogens is 1. The molecule has 144 valence electrons. The van der Waals surface area contributed by atoms with E-state index in [1.165, 1.54) is 21.6 Å². The Labute approximate surface area is 173 Å². The Morgan fingerprint density at radius 1 is 1.32 bits per heavy atom. The number of carbonyl (C=O) groups excluding carboxylic acids is 1. The zero-order chi connectivity index (χ0) is 18.8. The molecule has 1 aliphatic heterocycles. The van der Waals surface area contributed by atoms with Crippen LogP contribution in [-0.4, -0.2) is 27.1 Å². The fraction of sp³-hybridized carbons (Fsp3) is 0.250. The number of aryl methyl sites for hydroxylation is 1. The molecule has 0 spiro atoms. The number of amides is 1. The molecule has 6 nitrogen and oxygen atoms in total. The predicted molar refractivity (Wildman–Crippen MR) is 112 cm³/mol. The third-order valence-corrected chi connectivity index (χ3v) is 5.91.